The van der Waals surface area contributed by atoms with E-state index in [0.717, 1.165) is 15.4 Å². The number of nitrogens with zero attached hydrogens (tertiary/aromatic N) is 1. The highest BCUT2D eigenvalue weighted by atomic mass is 35.5. The van der Waals surface area contributed by atoms with Gasteiger partial charge in [-0.3, -0.25) is 4.79 Å². The quantitative estimate of drug-likeness (QED) is 0.504. The van der Waals surface area contributed by atoms with Gasteiger partial charge in [0.15, 0.2) is 0 Å². The molecule has 32 heavy (non-hydrogen) atoms. The third kappa shape index (κ3) is 5.68. The summed E-state index contributed by atoms with van der Waals surface area (Å²) < 4.78 is 32.3. The molecule has 0 aromatic heterocycles. The first-order valence-corrected chi connectivity index (χ1v) is 11.9. The van der Waals surface area contributed by atoms with Crippen molar-refractivity contribution >= 4 is 27.5 Å². The molecule has 0 aliphatic rings. The SMILES string of the molecule is CCOc1ccc(S(=O)(=O)N(C)CC(=O)NC(c2ccccc2)c2ccccc2)cc1Cl. The summed E-state index contributed by atoms with van der Waals surface area (Å²) in [5, 5.41) is 3.14. The summed E-state index contributed by atoms with van der Waals surface area (Å²) in [5.41, 5.74) is 1.80. The molecule has 0 saturated carbocycles. The van der Waals surface area contributed by atoms with Crippen molar-refractivity contribution in [2.24, 2.45) is 0 Å². The molecule has 0 radical (unpaired) electrons. The van der Waals surface area contributed by atoms with Crippen LogP contribution in [0.2, 0.25) is 5.02 Å². The van der Waals surface area contributed by atoms with E-state index in [0.29, 0.717) is 12.4 Å². The molecule has 0 bridgehead atoms. The molecule has 3 aromatic carbocycles. The van der Waals surface area contributed by atoms with E-state index in [1.807, 2.05) is 67.6 Å². The fourth-order valence-corrected chi connectivity index (χ4v) is 4.69. The smallest absolute Gasteiger partial charge is 0.243 e. The summed E-state index contributed by atoms with van der Waals surface area (Å²) in [5.74, 6) is -0.0205. The fourth-order valence-electron chi connectivity index (χ4n) is 3.24. The molecule has 168 valence electrons. The van der Waals surface area contributed by atoms with E-state index in [9.17, 15) is 13.2 Å². The van der Waals surface area contributed by atoms with Gasteiger partial charge in [-0.05, 0) is 36.2 Å². The number of likely N-dealkylation sites (N-methyl/N-ethyl adjacent to an activating group) is 1. The van der Waals surface area contributed by atoms with Crippen LogP contribution in [0.4, 0.5) is 0 Å². The lowest BCUT2D eigenvalue weighted by atomic mass is 9.99. The van der Waals surface area contributed by atoms with Gasteiger partial charge in [0.25, 0.3) is 0 Å². The Morgan fingerprint density at radius 3 is 2.06 bits per heavy atom. The van der Waals surface area contributed by atoms with E-state index in [1.165, 1.54) is 25.2 Å². The Labute approximate surface area is 193 Å². The van der Waals surface area contributed by atoms with Crippen LogP contribution in [-0.4, -0.2) is 38.8 Å². The zero-order valence-electron chi connectivity index (χ0n) is 17.9. The van der Waals surface area contributed by atoms with E-state index in [-0.39, 0.29) is 16.5 Å². The van der Waals surface area contributed by atoms with Crippen molar-refractivity contribution in [2.45, 2.75) is 17.9 Å². The van der Waals surface area contributed by atoms with Crippen LogP contribution in [0.3, 0.4) is 0 Å². The highest BCUT2D eigenvalue weighted by molar-refractivity contribution is 7.89. The Kier molecular flexibility index (Phi) is 7.90. The normalized spacial score (nSPS) is 11.5. The Balaban J connectivity index is 1.77. The molecule has 3 aromatic rings. The lowest BCUT2D eigenvalue weighted by Gasteiger charge is -2.22. The van der Waals surface area contributed by atoms with Gasteiger partial charge < -0.3 is 10.1 Å². The number of halogens is 1. The van der Waals surface area contributed by atoms with Crippen LogP contribution in [-0.2, 0) is 14.8 Å². The largest absolute Gasteiger partial charge is 0.492 e. The second-order valence-corrected chi connectivity index (χ2v) is 9.56. The maximum Gasteiger partial charge on any atom is 0.243 e. The summed E-state index contributed by atoms with van der Waals surface area (Å²) >= 11 is 6.14. The number of amides is 1. The van der Waals surface area contributed by atoms with Crippen LogP contribution >= 0.6 is 11.6 Å². The van der Waals surface area contributed by atoms with Gasteiger partial charge in [-0.1, -0.05) is 72.3 Å². The maximum absolute atomic E-state index is 13.0. The number of carbonyl (C=O) groups excluding carboxylic acids is 1. The molecule has 0 saturated heterocycles. The Bertz CT molecular complexity index is 1120. The molecule has 0 heterocycles. The Morgan fingerprint density at radius 1 is 1.00 bits per heavy atom. The number of hydrogen-bond donors (Lipinski definition) is 1. The number of carbonyl (C=O) groups is 1. The van der Waals surface area contributed by atoms with Crippen LogP contribution in [0, 0.1) is 0 Å². The van der Waals surface area contributed by atoms with Crippen molar-refractivity contribution in [3.05, 3.63) is 95.0 Å². The van der Waals surface area contributed by atoms with E-state index in [2.05, 4.69) is 5.32 Å². The zero-order valence-corrected chi connectivity index (χ0v) is 19.4. The van der Waals surface area contributed by atoms with Gasteiger partial charge in [-0.25, -0.2) is 8.42 Å². The molecule has 0 aliphatic carbocycles. The van der Waals surface area contributed by atoms with Crippen molar-refractivity contribution in [3.63, 3.8) is 0 Å². The summed E-state index contributed by atoms with van der Waals surface area (Å²) in [7, 11) is -2.56. The predicted octanol–water partition coefficient (Wildman–Crippen LogP) is 4.27. The topological polar surface area (TPSA) is 75.7 Å². The van der Waals surface area contributed by atoms with Crippen molar-refractivity contribution in [2.75, 3.05) is 20.2 Å². The third-order valence-corrected chi connectivity index (χ3v) is 6.94. The number of hydrogen-bond acceptors (Lipinski definition) is 4. The predicted molar refractivity (Wildman–Crippen MR) is 125 cm³/mol. The molecule has 8 heteroatoms. The van der Waals surface area contributed by atoms with Gasteiger partial charge >= 0.3 is 0 Å². The van der Waals surface area contributed by atoms with Crippen molar-refractivity contribution in [1.82, 2.24) is 9.62 Å². The summed E-state index contributed by atoms with van der Waals surface area (Å²) in [6.07, 6.45) is 0. The molecule has 1 amide bonds. The molecule has 0 fully saturated rings. The molecule has 0 atom stereocenters. The second-order valence-electron chi connectivity index (χ2n) is 7.11. The van der Waals surface area contributed by atoms with E-state index in [1.54, 1.807) is 0 Å². The summed E-state index contributed by atoms with van der Waals surface area (Å²) in [6.45, 7) is 1.88. The summed E-state index contributed by atoms with van der Waals surface area (Å²) in [4.78, 5) is 12.8. The Hall–Kier alpha value is -2.87. The minimum atomic E-state index is -3.92. The number of rotatable bonds is 9. The molecular formula is C24H25ClN2O4S. The molecular weight excluding hydrogens is 448 g/mol. The van der Waals surface area contributed by atoms with Gasteiger partial charge in [0.05, 0.1) is 29.1 Å². The minimum Gasteiger partial charge on any atom is -0.492 e. The minimum absolute atomic E-state index is 0.0103. The first-order valence-electron chi connectivity index (χ1n) is 10.1. The second kappa shape index (κ2) is 10.6. The van der Waals surface area contributed by atoms with Gasteiger partial charge in [-0.15, -0.1) is 0 Å². The van der Waals surface area contributed by atoms with E-state index < -0.39 is 22.0 Å². The van der Waals surface area contributed by atoms with Gasteiger partial charge in [0, 0.05) is 7.05 Å². The number of benzene rings is 3. The average molecular weight is 473 g/mol. The Morgan fingerprint density at radius 2 is 1.56 bits per heavy atom. The standard InChI is InChI=1S/C24H25ClN2O4S/c1-3-31-22-15-14-20(16-21(22)25)32(29,30)27(2)17-23(28)26-24(18-10-6-4-7-11-18)19-12-8-5-9-13-19/h4-16,24H,3,17H2,1-2H3,(H,26,28). The highest BCUT2D eigenvalue weighted by Crippen LogP contribution is 2.28. The fraction of sp³-hybridized carbons (Fsp3) is 0.208. The molecule has 0 spiro atoms. The lowest BCUT2D eigenvalue weighted by molar-refractivity contribution is -0.121. The average Bonchev–Trinajstić information content (AvgIpc) is 2.80. The first kappa shape index (κ1) is 23.8. The van der Waals surface area contributed by atoms with E-state index in [4.69, 9.17) is 16.3 Å². The van der Waals surface area contributed by atoms with Crippen molar-refractivity contribution in [3.8, 4) is 5.75 Å². The highest BCUT2D eigenvalue weighted by Gasteiger charge is 2.25. The molecule has 6 nitrogen and oxygen atoms in total. The molecule has 1 N–H and O–H groups in total. The van der Waals surface area contributed by atoms with Crippen LogP contribution < -0.4 is 10.1 Å². The monoisotopic (exact) mass is 472 g/mol. The number of nitrogens with one attached hydrogen (secondary N) is 1. The summed E-state index contributed by atoms with van der Waals surface area (Å²) in [6, 6.07) is 22.9. The van der Waals surface area contributed by atoms with Crippen LogP contribution in [0.15, 0.2) is 83.8 Å². The number of sulfonamides is 1. The van der Waals surface area contributed by atoms with Gasteiger partial charge in [-0.2, -0.15) is 4.31 Å². The van der Waals surface area contributed by atoms with E-state index >= 15 is 0 Å². The van der Waals surface area contributed by atoms with Gasteiger partial charge in [0.1, 0.15) is 5.75 Å². The molecule has 0 aliphatic heterocycles. The van der Waals surface area contributed by atoms with Crippen molar-refractivity contribution < 1.29 is 17.9 Å². The van der Waals surface area contributed by atoms with Crippen LogP contribution in [0.1, 0.15) is 24.1 Å². The molecule has 0 unspecified atom stereocenters. The van der Waals surface area contributed by atoms with Crippen molar-refractivity contribution in [1.29, 1.82) is 0 Å². The van der Waals surface area contributed by atoms with Crippen LogP contribution in [0.5, 0.6) is 5.75 Å². The zero-order chi connectivity index (χ0) is 23.1. The number of ether oxygens (including phenoxy) is 1. The lowest BCUT2D eigenvalue weighted by Crippen LogP contribution is -2.40. The molecule has 3 rings (SSSR count). The first-order chi connectivity index (χ1) is 15.3. The third-order valence-electron chi connectivity index (χ3n) is 4.85. The van der Waals surface area contributed by atoms with Gasteiger partial charge in [0.2, 0.25) is 15.9 Å². The van der Waals surface area contributed by atoms with Crippen LogP contribution in [0.25, 0.3) is 0 Å². The maximum atomic E-state index is 13.0.